The summed E-state index contributed by atoms with van der Waals surface area (Å²) in [5.41, 5.74) is 0.717. The summed E-state index contributed by atoms with van der Waals surface area (Å²) < 4.78 is 38.5. The standard InChI is InChI=1S/C17H19F3N2O2S/c18-17(19,20)10-4-3-5-11(8-10)21-15(23)9-14-16(24)22-12-6-1-2-7-13(12)25-14/h1-2,6-7,10-11,14H,3-5,8-9H2,(H,21,23)(H,22,24)/t10-,11+,14+/m1/s1. The Labute approximate surface area is 147 Å². The predicted octanol–water partition coefficient (Wildman–Crippen LogP) is 3.73. The molecule has 1 heterocycles. The lowest BCUT2D eigenvalue weighted by Gasteiger charge is -2.31. The second-order valence-electron chi connectivity index (χ2n) is 6.47. The molecule has 3 atom stereocenters. The van der Waals surface area contributed by atoms with Crippen molar-refractivity contribution in [2.24, 2.45) is 5.92 Å². The van der Waals surface area contributed by atoms with Crippen LogP contribution in [0.2, 0.25) is 0 Å². The van der Waals surface area contributed by atoms with Crippen LogP contribution >= 0.6 is 11.8 Å². The zero-order valence-corrected chi connectivity index (χ0v) is 14.3. The summed E-state index contributed by atoms with van der Waals surface area (Å²) in [6.07, 6.45) is -3.23. The maximum absolute atomic E-state index is 12.8. The molecule has 2 aliphatic rings. The molecule has 2 N–H and O–H groups in total. The average Bonchev–Trinajstić information content (AvgIpc) is 2.55. The van der Waals surface area contributed by atoms with E-state index in [0.29, 0.717) is 12.8 Å². The van der Waals surface area contributed by atoms with Crippen LogP contribution in [0.3, 0.4) is 0 Å². The van der Waals surface area contributed by atoms with E-state index in [0.717, 1.165) is 10.6 Å². The van der Waals surface area contributed by atoms with Crippen LogP contribution in [0.1, 0.15) is 32.1 Å². The van der Waals surface area contributed by atoms with Crippen LogP contribution in [-0.4, -0.2) is 29.3 Å². The average molecular weight is 372 g/mol. The summed E-state index contributed by atoms with van der Waals surface area (Å²) >= 11 is 1.31. The van der Waals surface area contributed by atoms with Gasteiger partial charge >= 0.3 is 6.18 Å². The SMILES string of the molecule is O=C(C[C@@H]1Sc2ccccc2NC1=O)N[C@H]1CCC[C@@H](C(F)(F)F)C1. The van der Waals surface area contributed by atoms with Gasteiger partial charge in [-0.3, -0.25) is 9.59 Å². The molecular weight excluding hydrogens is 353 g/mol. The van der Waals surface area contributed by atoms with Gasteiger partial charge in [-0.05, 0) is 31.4 Å². The Kier molecular flexibility index (Phi) is 5.27. The molecule has 0 bridgehead atoms. The lowest BCUT2D eigenvalue weighted by molar-refractivity contribution is -0.184. The predicted molar refractivity (Wildman–Crippen MR) is 89.3 cm³/mol. The van der Waals surface area contributed by atoms with E-state index in [1.165, 1.54) is 11.8 Å². The number of fused-ring (bicyclic) bond motifs is 1. The Bertz CT molecular complexity index is 666. The number of rotatable bonds is 3. The van der Waals surface area contributed by atoms with Gasteiger partial charge in [0.2, 0.25) is 11.8 Å². The van der Waals surface area contributed by atoms with Crippen molar-refractivity contribution in [3.63, 3.8) is 0 Å². The number of hydrogen-bond donors (Lipinski definition) is 2. The highest BCUT2D eigenvalue weighted by Gasteiger charge is 2.42. The first-order chi connectivity index (χ1) is 11.8. The van der Waals surface area contributed by atoms with Crippen LogP contribution in [0, 0.1) is 5.92 Å². The van der Waals surface area contributed by atoms with Gasteiger partial charge < -0.3 is 10.6 Å². The van der Waals surface area contributed by atoms with E-state index in [2.05, 4.69) is 10.6 Å². The van der Waals surface area contributed by atoms with Gasteiger partial charge in [0.15, 0.2) is 0 Å². The highest BCUT2D eigenvalue weighted by molar-refractivity contribution is 8.01. The number of hydrogen-bond acceptors (Lipinski definition) is 3. The number of carbonyl (C=O) groups is 2. The van der Waals surface area contributed by atoms with E-state index in [-0.39, 0.29) is 31.1 Å². The molecule has 8 heteroatoms. The van der Waals surface area contributed by atoms with Crippen molar-refractivity contribution in [3.8, 4) is 0 Å². The van der Waals surface area contributed by atoms with E-state index in [4.69, 9.17) is 0 Å². The zero-order valence-electron chi connectivity index (χ0n) is 13.4. The molecule has 1 aliphatic heterocycles. The van der Waals surface area contributed by atoms with Crippen LogP contribution < -0.4 is 10.6 Å². The second-order valence-corrected chi connectivity index (χ2v) is 7.71. The first kappa shape index (κ1) is 18.1. The summed E-state index contributed by atoms with van der Waals surface area (Å²) in [5, 5.41) is 4.87. The molecule has 0 radical (unpaired) electrons. The molecule has 1 aromatic rings. The van der Waals surface area contributed by atoms with Crippen LogP contribution in [0.4, 0.5) is 18.9 Å². The van der Waals surface area contributed by atoms with Gasteiger partial charge in [-0.2, -0.15) is 13.2 Å². The number of anilines is 1. The third-order valence-corrected chi connectivity index (χ3v) is 5.85. The Balaban J connectivity index is 1.55. The summed E-state index contributed by atoms with van der Waals surface area (Å²) in [6.45, 7) is 0. The van der Waals surface area contributed by atoms with Crippen molar-refractivity contribution in [3.05, 3.63) is 24.3 Å². The van der Waals surface area contributed by atoms with E-state index >= 15 is 0 Å². The summed E-state index contributed by atoms with van der Waals surface area (Å²) in [7, 11) is 0. The minimum absolute atomic E-state index is 0.0436. The number of para-hydroxylation sites is 1. The molecule has 4 nitrogen and oxygen atoms in total. The van der Waals surface area contributed by atoms with Crippen molar-refractivity contribution < 1.29 is 22.8 Å². The molecule has 1 saturated carbocycles. The molecule has 0 aromatic heterocycles. The lowest BCUT2D eigenvalue weighted by atomic mass is 9.85. The third kappa shape index (κ3) is 4.48. The van der Waals surface area contributed by atoms with E-state index < -0.39 is 23.4 Å². The number of carbonyl (C=O) groups excluding carboxylic acids is 2. The monoisotopic (exact) mass is 372 g/mol. The van der Waals surface area contributed by atoms with Crippen molar-refractivity contribution in [1.29, 1.82) is 0 Å². The molecule has 2 amide bonds. The van der Waals surface area contributed by atoms with Gasteiger partial charge in [-0.15, -0.1) is 11.8 Å². The molecule has 0 spiro atoms. The van der Waals surface area contributed by atoms with Crippen molar-refractivity contribution >= 4 is 29.3 Å². The van der Waals surface area contributed by atoms with Crippen molar-refractivity contribution in [2.75, 3.05) is 5.32 Å². The van der Waals surface area contributed by atoms with Crippen molar-refractivity contribution in [1.82, 2.24) is 5.32 Å². The highest BCUT2D eigenvalue weighted by Crippen LogP contribution is 2.38. The highest BCUT2D eigenvalue weighted by atomic mass is 32.2. The molecule has 1 fully saturated rings. The molecule has 0 saturated heterocycles. The number of amides is 2. The lowest BCUT2D eigenvalue weighted by Crippen LogP contribution is -2.43. The Hall–Kier alpha value is -1.70. The van der Waals surface area contributed by atoms with Gasteiger partial charge in [-0.1, -0.05) is 18.6 Å². The van der Waals surface area contributed by atoms with E-state index in [9.17, 15) is 22.8 Å². The Morgan fingerprint density at radius 2 is 2.04 bits per heavy atom. The topological polar surface area (TPSA) is 58.2 Å². The summed E-state index contributed by atoms with van der Waals surface area (Å²) in [5.74, 6) is -1.98. The molecule has 0 unspecified atom stereocenters. The summed E-state index contributed by atoms with van der Waals surface area (Å²) in [6, 6.07) is 6.83. The maximum Gasteiger partial charge on any atom is 0.391 e. The van der Waals surface area contributed by atoms with Gasteiger partial charge in [0.1, 0.15) is 0 Å². The quantitative estimate of drug-likeness (QED) is 0.850. The Morgan fingerprint density at radius 1 is 1.28 bits per heavy atom. The number of thioether (sulfide) groups is 1. The van der Waals surface area contributed by atoms with Crippen LogP contribution in [-0.2, 0) is 9.59 Å². The number of alkyl halides is 3. The molecule has 136 valence electrons. The number of halogens is 3. The largest absolute Gasteiger partial charge is 0.391 e. The first-order valence-electron chi connectivity index (χ1n) is 8.25. The maximum atomic E-state index is 12.8. The fourth-order valence-electron chi connectivity index (χ4n) is 3.30. The molecule has 25 heavy (non-hydrogen) atoms. The van der Waals surface area contributed by atoms with Crippen LogP contribution in [0.25, 0.3) is 0 Å². The van der Waals surface area contributed by atoms with Crippen LogP contribution in [0.5, 0.6) is 0 Å². The van der Waals surface area contributed by atoms with Crippen LogP contribution in [0.15, 0.2) is 29.2 Å². The second kappa shape index (κ2) is 7.27. The zero-order chi connectivity index (χ0) is 18.0. The minimum Gasteiger partial charge on any atom is -0.353 e. The first-order valence-corrected chi connectivity index (χ1v) is 9.13. The fourth-order valence-corrected chi connectivity index (χ4v) is 4.41. The minimum atomic E-state index is -4.22. The van der Waals surface area contributed by atoms with Crippen molar-refractivity contribution in [2.45, 2.75) is 54.5 Å². The third-order valence-electron chi connectivity index (χ3n) is 4.58. The molecular formula is C17H19F3N2O2S. The molecule has 1 aromatic carbocycles. The van der Waals surface area contributed by atoms with E-state index in [1.54, 1.807) is 6.07 Å². The van der Waals surface area contributed by atoms with Gasteiger partial charge in [-0.25, -0.2) is 0 Å². The Morgan fingerprint density at radius 3 is 2.80 bits per heavy atom. The van der Waals surface area contributed by atoms with Gasteiger partial charge in [0, 0.05) is 17.4 Å². The van der Waals surface area contributed by atoms with E-state index in [1.807, 2.05) is 18.2 Å². The number of nitrogens with one attached hydrogen (secondary N) is 2. The molecule has 3 rings (SSSR count). The number of benzene rings is 1. The summed E-state index contributed by atoms with van der Waals surface area (Å²) in [4.78, 5) is 25.2. The fraction of sp³-hybridized carbons (Fsp3) is 0.529. The molecule has 1 aliphatic carbocycles. The smallest absolute Gasteiger partial charge is 0.353 e. The normalized spacial score (nSPS) is 26.5. The van der Waals surface area contributed by atoms with Gasteiger partial charge in [0.05, 0.1) is 16.9 Å². The van der Waals surface area contributed by atoms with Gasteiger partial charge in [0.25, 0.3) is 0 Å².